The number of nitriles is 1. The number of hydrogen-bond donors (Lipinski definition) is 0. The highest BCUT2D eigenvalue weighted by Crippen LogP contribution is 2.08. The number of nitrogens with zero attached hydrogens (tertiary/aromatic N) is 5. The van der Waals surface area contributed by atoms with Crippen molar-refractivity contribution < 1.29 is 4.52 Å². The van der Waals surface area contributed by atoms with Crippen molar-refractivity contribution in [1.82, 2.24) is 19.9 Å². The minimum absolute atomic E-state index is 0.0727. The quantitative estimate of drug-likeness (QED) is 0.834. The fourth-order valence-corrected chi connectivity index (χ4v) is 2.01. The highest BCUT2D eigenvalue weighted by Gasteiger charge is 2.14. The van der Waals surface area contributed by atoms with Crippen LogP contribution in [0.5, 0.6) is 0 Å². The van der Waals surface area contributed by atoms with E-state index in [0.717, 1.165) is 12.8 Å². The normalized spacial score (nSPS) is 10.9. The Balaban J connectivity index is 2.23. The summed E-state index contributed by atoms with van der Waals surface area (Å²) in [5.74, 6) is 1.51. The van der Waals surface area contributed by atoms with Crippen molar-refractivity contribution in [3.05, 3.63) is 38.9 Å². The van der Waals surface area contributed by atoms with Crippen LogP contribution in [0.1, 0.15) is 48.8 Å². The van der Waals surface area contributed by atoms with Gasteiger partial charge in [0.25, 0.3) is 5.56 Å². The van der Waals surface area contributed by atoms with Crippen LogP contribution < -0.4 is 5.56 Å². The second-order valence-electron chi connectivity index (χ2n) is 5.70. The molecule has 0 N–H and O–H groups in total. The molecule has 7 heteroatoms. The van der Waals surface area contributed by atoms with Crippen molar-refractivity contribution in [3.8, 4) is 6.07 Å². The summed E-state index contributed by atoms with van der Waals surface area (Å²) in [6, 6.07) is 1.93. The van der Waals surface area contributed by atoms with Gasteiger partial charge in [0.05, 0.1) is 5.69 Å². The van der Waals surface area contributed by atoms with Crippen molar-refractivity contribution in [1.29, 1.82) is 5.26 Å². The molecule has 0 spiro atoms. The van der Waals surface area contributed by atoms with Crippen LogP contribution in [0.2, 0.25) is 0 Å². The summed E-state index contributed by atoms with van der Waals surface area (Å²) in [7, 11) is 0. The van der Waals surface area contributed by atoms with Gasteiger partial charge in [0.15, 0.2) is 5.82 Å². The lowest BCUT2D eigenvalue weighted by Gasteiger charge is -2.06. The monoisotopic (exact) mass is 301 g/mol. The van der Waals surface area contributed by atoms with Gasteiger partial charge in [-0.05, 0) is 31.7 Å². The van der Waals surface area contributed by atoms with Crippen LogP contribution in [-0.2, 0) is 13.0 Å². The summed E-state index contributed by atoms with van der Waals surface area (Å²) in [6.07, 6.45) is 1.71. The van der Waals surface area contributed by atoms with Gasteiger partial charge in [-0.3, -0.25) is 4.79 Å². The standard InChI is InChI=1S/C15H19N5O2/c1-9(2)5-6-13-17-14(22-19-13)8-20-15(21)12(7-16)10(3)11(4)18-20/h9H,5-6,8H2,1-4H3. The van der Waals surface area contributed by atoms with E-state index in [9.17, 15) is 4.79 Å². The van der Waals surface area contributed by atoms with Crippen molar-refractivity contribution in [2.75, 3.05) is 0 Å². The lowest BCUT2D eigenvalue weighted by atomic mass is 10.1. The van der Waals surface area contributed by atoms with E-state index < -0.39 is 5.56 Å². The number of rotatable bonds is 5. The van der Waals surface area contributed by atoms with Gasteiger partial charge < -0.3 is 4.52 Å². The van der Waals surface area contributed by atoms with Crippen LogP contribution in [0.3, 0.4) is 0 Å². The van der Waals surface area contributed by atoms with Crippen LogP contribution in [-0.4, -0.2) is 19.9 Å². The van der Waals surface area contributed by atoms with Crippen LogP contribution in [0, 0.1) is 31.1 Å². The fourth-order valence-electron chi connectivity index (χ4n) is 2.01. The Morgan fingerprint density at radius 1 is 1.36 bits per heavy atom. The van der Waals surface area contributed by atoms with Crippen molar-refractivity contribution in [3.63, 3.8) is 0 Å². The summed E-state index contributed by atoms with van der Waals surface area (Å²) in [5.41, 5.74) is 0.905. The van der Waals surface area contributed by atoms with Gasteiger partial charge in [0, 0.05) is 6.42 Å². The Hall–Kier alpha value is -2.49. The molecule has 116 valence electrons. The van der Waals surface area contributed by atoms with Gasteiger partial charge in [-0.15, -0.1) is 0 Å². The maximum Gasteiger partial charge on any atom is 0.285 e. The predicted octanol–water partition coefficient (Wildman–Crippen LogP) is 1.75. The first-order valence-corrected chi connectivity index (χ1v) is 7.22. The van der Waals surface area contributed by atoms with E-state index in [0.29, 0.717) is 28.9 Å². The average molecular weight is 301 g/mol. The Kier molecular flexibility index (Phi) is 4.71. The van der Waals surface area contributed by atoms with E-state index in [1.54, 1.807) is 13.8 Å². The minimum atomic E-state index is -0.437. The molecule has 0 saturated carbocycles. The summed E-state index contributed by atoms with van der Waals surface area (Å²) in [6.45, 7) is 7.80. The van der Waals surface area contributed by atoms with Crippen molar-refractivity contribution in [2.45, 2.75) is 47.1 Å². The molecule has 0 radical (unpaired) electrons. The van der Waals surface area contributed by atoms with Gasteiger partial charge in [-0.1, -0.05) is 19.0 Å². The largest absolute Gasteiger partial charge is 0.337 e. The second-order valence-corrected chi connectivity index (χ2v) is 5.70. The summed E-state index contributed by atoms with van der Waals surface area (Å²) >= 11 is 0. The minimum Gasteiger partial charge on any atom is -0.337 e. The van der Waals surface area contributed by atoms with E-state index in [1.807, 2.05) is 6.07 Å². The highest BCUT2D eigenvalue weighted by atomic mass is 16.5. The molecule has 0 saturated heterocycles. The molecule has 22 heavy (non-hydrogen) atoms. The molecule has 2 heterocycles. The van der Waals surface area contributed by atoms with Gasteiger partial charge >= 0.3 is 0 Å². The first kappa shape index (κ1) is 15.9. The molecular formula is C15H19N5O2. The third-order valence-electron chi connectivity index (χ3n) is 3.49. The van der Waals surface area contributed by atoms with E-state index in [2.05, 4.69) is 29.1 Å². The van der Waals surface area contributed by atoms with Crippen LogP contribution in [0.15, 0.2) is 9.32 Å². The highest BCUT2D eigenvalue weighted by molar-refractivity contribution is 5.36. The predicted molar refractivity (Wildman–Crippen MR) is 79.2 cm³/mol. The summed E-state index contributed by atoms with van der Waals surface area (Å²) < 4.78 is 6.35. The Bertz CT molecular complexity index is 767. The van der Waals surface area contributed by atoms with Crippen molar-refractivity contribution in [2.24, 2.45) is 5.92 Å². The van der Waals surface area contributed by atoms with Crippen LogP contribution in [0.25, 0.3) is 0 Å². The molecule has 0 aliphatic rings. The average Bonchev–Trinajstić information content (AvgIpc) is 2.91. The second kappa shape index (κ2) is 6.52. The molecule has 0 fully saturated rings. The maximum absolute atomic E-state index is 12.2. The van der Waals surface area contributed by atoms with E-state index in [4.69, 9.17) is 9.78 Å². The molecule has 0 amide bonds. The van der Waals surface area contributed by atoms with Gasteiger partial charge in [-0.25, -0.2) is 4.68 Å². The Morgan fingerprint density at radius 3 is 2.73 bits per heavy atom. The number of aryl methyl sites for hydroxylation is 2. The van der Waals surface area contributed by atoms with Crippen molar-refractivity contribution >= 4 is 0 Å². The van der Waals surface area contributed by atoms with Gasteiger partial charge in [0.1, 0.15) is 18.2 Å². The lowest BCUT2D eigenvalue weighted by molar-refractivity contribution is 0.357. The zero-order valence-electron chi connectivity index (χ0n) is 13.3. The molecule has 0 aliphatic heterocycles. The van der Waals surface area contributed by atoms with Crippen LogP contribution >= 0.6 is 0 Å². The summed E-state index contributed by atoms with van der Waals surface area (Å²) in [4.78, 5) is 16.5. The SMILES string of the molecule is Cc1nn(Cc2nc(CCC(C)C)no2)c(=O)c(C#N)c1C. The van der Waals surface area contributed by atoms with E-state index in [-0.39, 0.29) is 12.1 Å². The summed E-state index contributed by atoms with van der Waals surface area (Å²) in [5, 5.41) is 17.2. The topological polar surface area (TPSA) is 97.6 Å². The third-order valence-corrected chi connectivity index (χ3v) is 3.49. The zero-order chi connectivity index (χ0) is 16.3. The Labute approximate surface area is 128 Å². The Morgan fingerprint density at radius 2 is 2.09 bits per heavy atom. The molecule has 2 rings (SSSR count). The molecular weight excluding hydrogens is 282 g/mol. The molecule has 0 unspecified atom stereocenters. The number of aromatic nitrogens is 4. The smallest absolute Gasteiger partial charge is 0.285 e. The first-order chi connectivity index (χ1) is 10.4. The fraction of sp³-hybridized carbons (Fsp3) is 0.533. The van der Waals surface area contributed by atoms with E-state index in [1.165, 1.54) is 4.68 Å². The van der Waals surface area contributed by atoms with E-state index >= 15 is 0 Å². The lowest BCUT2D eigenvalue weighted by Crippen LogP contribution is -2.28. The maximum atomic E-state index is 12.2. The first-order valence-electron chi connectivity index (χ1n) is 7.22. The molecule has 7 nitrogen and oxygen atoms in total. The molecule has 0 aromatic carbocycles. The molecule has 0 atom stereocenters. The molecule has 0 aliphatic carbocycles. The van der Waals surface area contributed by atoms with Gasteiger partial charge in [-0.2, -0.15) is 15.3 Å². The molecule has 2 aromatic rings. The van der Waals surface area contributed by atoms with Gasteiger partial charge in [0.2, 0.25) is 5.89 Å². The van der Waals surface area contributed by atoms with Crippen LogP contribution in [0.4, 0.5) is 0 Å². The zero-order valence-corrected chi connectivity index (χ0v) is 13.3. The number of hydrogen-bond acceptors (Lipinski definition) is 6. The third kappa shape index (κ3) is 3.39. The molecule has 2 aromatic heterocycles. The molecule has 0 bridgehead atoms.